The predicted octanol–water partition coefficient (Wildman–Crippen LogP) is 0.641. The third kappa shape index (κ3) is 2.92. The molecular weight excluding hydrogens is 194 g/mol. The molecule has 0 unspecified atom stereocenters. The monoisotopic (exact) mass is 215 g/mol. The van der Waals surface area contributed by atoms with Gasteiger partial charge in [0.1, 0.15) is 0 Å². The van der Waals surface area contributed by atoms with E-state index in [1.807, 2.05) is 20.8 Å². The maximum Gasteiger partial charge on any atom is 0.228 e. The summed E-state index contributed by atoms with van der Waals surface area (Å²) in [5.41, 5.74) is -0.393. The molecule has 0 aromatic rings. The number of carbonyl (C=O) groups excluding carboxylic acids is 1. The van der Waals surface area contributed by atoms with E-state index in [1.54, 1.807) is 12.0 Å². The first-order valence-corrected chi connectivity index (χ1v) is 5.34. The van der Waals surface area contributed by atoms with Gasteiger partial charge in [0.15, 0.2) is 0 Å². The van der Waals surface area contributed by atoms with Gasteiger partial charge in [-0.1, -0.05) is 20.8 Å². The molecule has 1 amide bonds. The molecule has 1 saturated heterocycles. The number of hydrogen-bond donors (Lipinski definition) is 1. The Morgan fingerprint density at radius 2 is 2.13 bits per heavy atom. The summed E-state index contributed by atoms with van der Waals surface area (Å²) in [6.07, 6.45) is 0.215. The summed E-state index contributed by atoms with van der Waals surface area (Å²) in [5, 5.41) is 9.56. The average molecular weight is 215 g/mol. The lowest BCUT2D eigenvalue weighted by Gasteiger charge is -2.30. The maximum absolute atomic E-state index is 12.1. The normalized spacial score (nSPS) is 27.1. The molecule has 4 nitrogen and oxygen atoms in total. The van der Waals surface area contributed by atoms with Crippen molar-refractivity contribution in [3.05, 3.63) is 0 Å². The number of ether oxygens (including phenoxy) is 1. The van der Waals surface area contributed by atoms with Gasteiger partial charge in [-0.05, 0) is 6.42 Å². The summed E-state index contributed by atoms with van der Waals surface area (Å²) >= 11 is 0. The number of β-amino-alcohol motifs (C(OH)–C–C–N with tert-alkyl or cyclic N) is 1. The van der Waals surface area contributed by atoms with Crippen LogP contribution >= 0.6 is 0 Å². The molecule has 0 aliphatic carbocycles. The lowest BCUT2D eigenvalue weighted by molar-refractivity contribution is -0.141. The second-order valence-electron chi connectivity index (χ2n) is 5.21. The lowest BCUT2D eigenvalue weighted by atomic mass is 9.94. The number of nitrogens with zero attached hydrogens (tertiary/aromatic N) is 1. The summed E-state index contributed by atoms with van der Waals surface area (Å²) < 4.78 is 5.06. The smallest absolute Gasteiger partial charge is 0.228 e. The number of hydrogen-bond acceptors (Lipinski definition) is 3. The maximum atomic E-state index is 12.1. The number of aliphatic hydroxyl groups excluding tert-OH is 1. The Bertz CT molecular complexity index is 234. The van der Waals surface area contributed by atoms with Crippen LogP contribution < -0.4 is 0 Å². The van der Waals surface area contributed by atoms with E-state index in [4.69, 9.17) is 4.74 Å². The quantitative estimate of drug-likeness (QED) is 0.735. The second-order valence-corrected chi connectivity index (χ2v) is 5.21. The zero-order chi connectivity index (χ0) is 11.6. The molecule has 1 aliphatic rings. The highest BCUT2D eigenvalue weighted by atomic mass is 16.5. The fourth-order valence-corrected chi connectivity index (χ4v) is 1.92. The molecule has 15 heavy (non-hydrogen) atoms. The van der Waals surface area contributed by atoms with Crippen LogP contribution in [0, 0.1) is 5.41 Å². The summed E-state index contributed by atoms with van der Waals surface area (Å²) in [5.74, 6) is 0.0844. The van der Waals surface area contributed by atoms with E-state index in [-0.39, 0.29) is 11.9 Å². The van der Waals surface area contributed by atoms with Gasteiger partial charge in [0.2, 0.25) is 5.91 Å². The first-order valence-electron chi connectivity index (χ1n) is 5.34. The Hall–Kier alpha value is -0.610. The van der Waals surface area contributed by atoms with Gasteiger partial charge in [-0.2, -0.15) is 0 Å². The van der Waals surface area contributed by atoms with Crippen molar-refractivity contribution in [2.45, 2.75) is 39.3 Å². The van der Waals surface area contributed by atoms with Crippen LogP contribution in [0.1, 0.15) is 27.2 Å². The van der Waals surface area contributed by atoms with Crippen LogP contribution in [-0.4, -0.2) is 48.3 Å². The molecule has 1 rings (SSSR count). The van der Waals surface area contributed by atoms with Crippen molar-refractivity contribution in [1.82, 2.24) is 4.90 Å². The molecular formula is C11H21NO3. The Kier molecular flexibility index (Phi) is 3.73. The molecule has 0 aromatic carbocycles. The molecule has 0 bridgehead atoms. The van der Waals surface area contributed by atoms with Crippen molar-refractivity contribution < 1.29 is 14.6 Å². The van der Waals surface area contributed by atoms with Gasteiger partial charge < -0.3 is 14.7 Å². The highest BCUT2D eigenvalue weighted by molar-refractivity contribution is 5.82. The van der Waals surface area contributed by atoms with Gasteiger partial charge in [0.05, 0.1) is 18.8 Å². The topological polar surface area (TPSA) is 49.8 Å². The van der Waals surface area contributed by atoms with E-state index in [9.17, 15) is 9.90 Å². The van der Waals surface area contributed by atoms with E-state index in [2.05, 4.69) is 0 Å². The van der Waals surface area contributed by atoms with Gasteiger partial charge in [-0.3, -0.25) is 4.79 Å². The molecule has 2 atom stereocenters. The number of carbonyl (C=O) groups is 1. The fourth-order valence-electron chi connectivity index (χ4n) is 1.92. The third-order valence-corrected chi connectivity index (χ3v) is 2.65. The van der Waals surface area contributed by atoms with Crippen LogP contribution in [0.5, 0.6) is 0 Å². The van der Waals surface area contributed by atoms with Crippen molar-refractivity contribution in [1.29, 1.82) is 0 Å². The van der Waals surface area contributed by atoms with Crippen molar-refractivity contribution in [3.63, 3.8) is 0 Å². The number of aliphatic hydroxyl groups is 1. The van der Waals surface area contributed by atoms with Crippen molar-refractivity contribution >= 4 is 5.91 Å². The molecule has 0 aromatic heterocycles. The predicted molar refractivity (Wildman–Crippen MR) is 57.5 cm³/mol. The van der Waals surface area contributed by atoms with Gasteiger partial charge >= 0.3 is 0 Å². The van der Waals surface area contributed by atoms with Crippen LogP contribution in [0.25, 0.3) is 0 Å². The number of methoxy groups -OCH3 is 1. The van der Waals surface area contributed by atoms with Gasteiger partial charge in [-0.15, -0.1) is 0 Å². The van der Waals surface area contributed by atoms with Crippen molar-refractivity contribution in [2.75, 3.05) is 20.3 Å². The summed E-state index contributed by atoms with van der Waals surface area (Å²) in [6, 6.07) is 0.0247. The Morgan fingerprint density at radius 1 is 1.53 bits per heavy atom. The SMILES string of the molecule is COC[C@@H]1C[C@@H](O)CN1C(=O)C(C)(C)C. The Labute approximate surface area is 91.2 Å². The molecule has 1 heterocycles. The van der Waals surface area contributed by atoms with Crippen molar-refractivity contribution in [3.8, 4) is 0 Å². The number of likely N-dealkylation sites (tertiary alicyclic amines) is 1. The van der Waals surface area contributed by atoms with E-state index in [1.165, 1.54) is 0 Å². The zero-order valence-corrected chi connectivity index (χ0v) is 9.99. The first kappa shape index (κ1) is 12.5. The number of amides is 1. The van der Waals surface area contributed by atoms with Gasteiger partial charge in [0, 0.05) is 19.1 Å². The van der Waals surface area contributed by atoms with Gasteiger partial charge in [0.25, 0.3) is 0 Å². The molecule has 88 valence electrons. The lowest BCUT2D eigenvalue weighted by Crippen LogP contribution is -2.44. The Balaban J connectivity index is 2.71. The zero-order valence-electron chi connectivity index (χ0n) is 9.99. The highest BCUT2D eigenvalue weighted by Crippen LogP contribution is 2.25. The van der Waals surface area contributed by atoms with E-state index in [0.29, 0.717) is 19.6 Å². The molecule has 1 N–H and O–H groups in total. The van der Waals surface area contributed by atoms with Crippen LogP contribution in [0.4, 0.5) is 0 Å². The summed E-state index contributed by atoms with van der Waals surface area (Å²) in [6.45, 7) is 6.61. The highest BCUT2D eigenvalue weighted by Gasteiger charge is 2.38. The van der Waals surface area contributed by atoms with Crippen LogP contribution in [0.3, 0.4) is 0 Å². The standard InChI is InChI=1S/C11H21NO3/c1-11(2,3)10(14)12-6-9(13)5-8(12)7-15-4/h8-9,13H,5-7H2,1-4H3/t8-,9+/m0/s1. The minimum atomic E-state index is -0.406. The van der Waals surface area contributed by atoms with Gasteiger partial charge in [-0.25, -0.2) is 0 Å². The largest absolute Gasteiger partial charge is 0.391 e. The van der Waals surface area contributed by atoms with Crippen LogP contribution in [-0.2, 0) is 9.53 Å². The molecule has 0 spiro atoms. The molecule has 1 fully saturated rings. The number of rotatable bonds is 2. The average Bonchev–Trinajstić information content (AvgIpc) is 2.44. The first-order chi connectivity index (χ1) is 6.86. The van der Waals surface area contributed by atoms with Crippen molar-refractivity contribution in [2.24, 2.45) is 5.41 Å². The molecule has 0 saturated carbocycles. The fraction of sp³-hybridized carbons (Fsp3) is 0.909. The Morgan fingerprint density at radius 3 is 2.60 bits per heavy atom. The third-order valence-electron chi connectivity index (χ3n) is 2.65. The summed E-state index contributed by atoms with van der Waals surface area (Å²) in [4.78, 5) is 13.8. The van der Waals surface area contributed by atoms with E-state index < -0.39 is 11.5 Å². The molecule has 1 aliphatic heterocycles. The minimum absolute atomic E-state index is 0.0247. The molecule has 4 heteroatoms. The van der Waals surface area contributed by atoms with E-state index in [0.717, 1.165) is 0 Å². The van der Waals surface area contributed by atoms with Crippen LogP contribution in [0.2, 0.25) is 0 Å². The minimum Gasteiger partial charge on any atom is -0.391 e. The van der Waals surface area contributed by atoms with Crippen LogP contribution in [0.15, 0.2) is 0 Å². The van der Waals surface area contributed by atoms with E-state index >= 15 is 0 Å². The molecule has 0 radical (unpaired) electrons. The summed E-state index contributed by atoms with van der Waals surface area (Å²) in [7, 11) is 1.62. The second kappa shape index (κ2) is 4.49.